The lowest BCUT2D eigenvalue weighted by molar-refractivity contribution is -0.113. The lowest BCUT2D eigenvalue weighted by Gasteiger charge is -2.38. The molecule has 2 atom stereocenters. The Balaban J connectivity index is 1.47. The largest absolute Gasteiger partial charge is 0.403 e. The highest BCUT2D eigenvalue weighted by Gasteiger charge is 2.47. The van der Waals surface area contributed by atoms with Crippen LogP contribution in [0.3, 0.4) is 0 Å². The highest BCUT2D eigenvalue weighted by molar-refractivity contribution is 7.91. The molecule has 8 nitrogen and oxygen atoms in total. The predicted molar refractivity (Wildman–Crippen MR) is 133 cm³/mol. The van der Waals surface area contributed by atoms with Gasteiger partial charge in [0.15, 0.2) is 9.84 Å². The molecule has 1 aromatic heterocycles. The van der Waals surface area contributed by atoms with Gasteiger partial charge in [0.25, 0.3) is 5.89 Å². The van der Waals surface area contributed by atoms with Crippen molar-refractivity contribution in [1.82, 2.24) is 10.2 Å². The van der Waals surface area contributed by atoms with Crippen molar-refractivity contribution < 1.29 is 26.0 Å². The number of alkyl halides is 2. The fourth-order valence-corrected chi connectivity index (χ4v) is 6.50. The molecule has 1 aliphatic carbocycles. The number of hydrogen-bond donors (Lipinski definition) is 2. The molecule has 3 aromatic rings. The number of fused-ring (bicyclic) bond motifs is 1. The number of sulfone groups is 1. The van der Waals surface area contributed by atoms with Gasteiger partial charge in [-0.2, -0.15) is 0 Å². The van der Waals surface area contributed by atoms with Crippen LogP contribution in [0.1, 0.15) is 25.3 Å². The Labute approximate surface area is 216 Å². The minimum absolute atomic E-state index is 0.0419. The molecule has 1 aliphatic heterocycles. The minimum Gasteiger partial charge on any atom is -0.403 e. The zero-order valence-electron chi connectivity index (χ0n) is 19.8. The first-order valence-corrected chi connectivity index (χ1v) is 13.7. The number of aromatic nitrogens is 2. The Hall–Kier alpha value is -2.83. The number of halogens is 4. The minimum atomic E-state index is -3.88. The van der Waals surface area contributed by atoms with Crippen molar-refractivity contribution in [3.63, 3.8) is 0 Å². The van der Waals surface area contributed by atoms with Gasteiger partial charge in [-0.1, -0.05) is 28.8 Å². The third-order valence-corrected chi connectivity index (χ3v) is 8.85. The van der Waals surface area contributed by atoms with Gasteiger partial charge in [0.2, 0.25) is 5.92 Å². The monoisotopic (exact) mass is 555 g/mol. The SMILES string of the molecule is CC(Nc1nnc(-c2cc3c(cc2F)S(=O)(=O)C[C@H](N)CN3Cc2ccc(Cl)cc2)o1)C1CC(F)(F)C1. The highest BCUT2D eigenvalue weighted by Crippen LogP contribution is 2.44. The van der Waals surface area contributed by atoms with E-state index in [1.807, 2.05) is 12.1 Å². The van der Waals surface area contributed by atoms with Crippen LogP contribution in [0.2, 0.25) is 5.02 Å². The molecule has 5 rings (SSSR count). The van der Waals surface area contributed by atoms with Gasteiger partial charge in [0.05, 0.1) is 21.9 Å². The molecular weight excluding hydrogens is 531 g/mol. The van der Waals surface area contributed by atoms with Crippen LogP contribution in [0.15, 0.2) is 45.7 Å². The van der Waals surface area contributed by atoms with Gasteiger partial charge in [0, 0.05) is 43.0 Å². The number of nitrogens with one attached hydrogen (secondary N) is 1. The normalized spacial score (nSPS) is 21.6. The Morgan fingerprint density at radius 1 is 1.24 bits per heavy atom. The van der Waals surface area contributed by atoms with Crippen molar-refractivity contribution in [1.29, 1.82) is 0 Å². The van der Waals surface area contributed by atoms with Crippen LogP contribution >= 0.6 is 11.6 Å². The average molecular weight is 556 g/mol. The van der Waals surface area contributed by atoms with E-state index in [1.54, 1.807) is 24.0 Å². The van der Waals surface area contributed by atoms with Gasteiger partial charge in [-0.3, -0.25) is 0 Å². The van der Waals surface area contributed by atoms with E-state index in [2.05, 4.69) is 15.5 Å². The second-order valence-electron chi connectivity index (χ2n) is 9.72. The summed E-state index contributed by atoms with van der Waals surface area (Å²) in [7, 11) is -3.88. The van der Waals surface area contributed by atoms with E-state index in [-0.39, 0.29) is 65.2 Å². The summed E-state index contributed by atoms with van der Waals surface area (Å²) in [5, 5.41) is 11.2. The van der Waals surface area contributed by atoms with Crippen molar-refractivity contribution in [3.05, 3.63) is 52.8 Å². The maximum absolute atomic E-state index is 15.2. The fraction of sp³-hybridized carbons (Fsp3) is 0.417. The molecule has 0 amide bonds. The van der Waals surface area contributed by atoms with Gasteiger partial charge in [-0.25, -0.2) is 21.6 Å². The van der Waals surface area contributed by atoms with E-state index in [9.17, 15) is 17.2 Å². The van der Waals surface area contributed by atoms with E-state index >= 15 is 4.39 Å². The summed E-state index contributed by atoms with van der Waals surface area (Å²) in [6.07, 6.45) is -0.469. The summed E-state index contributed by atoms with van der Waals surface area (Å²) >= 11 is 5.99. The lowest BCUT2D eigenvalue weighted by atomic mass is 9.77. The third-order valence-electron chi connectivity index (χ3n) is 6.73. The third kappa shape index (κ3) is 5.41. The van der Waals surface area contributed by atoms with E-state index in [0.717, 1.165) is 11.6 Å². The van der Waals surface area contributed by atoms with Crippen LogP contribution in [0.25, 0.3) is 11.5 Å². The topological polar surface area (TPSA) is 114 Å². The summed E-state index contributed by atoms with van der Waals surface area (Å²) in [6, 6.07) is 8.29. The molecule has 2 aromatic carbocycles. The predicted octanol–water partition coefficient (Wildman–Crippen LogP) is 4.50. The summed E-state index contributed by atoms with van der Waals surface area (Å²) < 4.78 is 73.2. The number of hydrogen-bond acceptors (Lipinski definition) is 8. The molecule has 1 unspecified atom stereocenters. The van der Waals surface area contributed by atoms with Gasteiger partial charge >= 0.3 is 6.01 Å². The lowest BCUT2D eigenvalue weighted by Crippen LogP contribution is -2.43. The van der Waals surface area contributed by atoms with Crippen LogP contribution in [-0.2, 0) is 16.4 Å². The molecule has 3 N–H and O–H groups in total. The zero-order valence-corrected chi connectivity index (χ0v) is 21.4. The van der Waals surface area contributed by atoms with Crippen LogP contribution in [0, 0.1) is 11.7 Å². The molecule has 1 fully saturated rings. The molecule has 37 heavy (non-hydrogen) atoms. The van der Waals surface area contributed by atoms with Crippen molar-refractivity contribution in [2.45, 2.75) is 49.2 Å². The van der Waals surface area contributed by atoms with E-state index in [0.29, 0.717) is 11.6 Å². The molecule has 1 saturated carbocycles. The number of benzene rings is 2. The summed E-state index contributed by atoms with van der Waals surface area (Å²) in [4.78, 5) is 1.60. The van der Waals surface area contributed by atoms with Crippen molar-refractivity contribution in [2.75, 3.05) is 22.5 Å². The molecule has 0 radical (unpaired) electrons. The molecule has 13 heteroatoms. The van der Waals surface area contributed by atoms with E-state index in [4.69, 9.17) is 21.8 Å². The Morgan fingerprint density at radius 2 is 1.95 bits per heavy atom. The number of nitrogens with two attached hydrogens (primary N) is 1. The van der Waals surface area contributed by atoms with E-state index in [1.165, 1.54) is 6.07 Å². The Bertz CT molecular complexity index is 1410. The first-order chi connectivity index (χ1) is 17.4. The standard InChI is InChI=1S/C24H25ClF3N5O3S/c1-13(15-8-24(27,28)9-15)30-23-32-31-22(36-23)18-6-20-21(7-19(18)26)37(34,35)12-17(29)11-33(20)10-14-2-4-16(25)5-3-14/h2-7,13,15,17H,8-12,29H2,1H3,(H,30,32)/t13?,17-/m1/s1. The van der Waals surface area contributed by atoms with Crippen molar-refractivity contribution in [2.24, 2.45) is 11.7 Å². The first kappa shape index (κ1) is 25.8. The van der Waals surface area contributed by atoms with Gasteiger partial charge in [-0.05, 0) is 42.7 Å². The first-order valence-electron chi connectivity index (χ1n) is 11.7. The number of rotatable bonds is 6. The van der Waals surface area contributed by atoms with Crippen LogP contribution in [-0.4, -0.2) is 48.9 Å². The van der Waals surface area contributed by atoms with Gasteiger partial charge in [0.1, 0.15) is 5.82 Å². The molecule has 2 aliphatic rings. The fourth-order valence-electron chi connectivity index (χ4n) is 4.73. The Kier molecular flexibility index (Phi) is 6.61. The molecule has 0 saturated heterocycles. The highest BCUT2D eigenvalue weighted by atomic mass is 35.5. The molecular formula is C24H25ClF3N5O3S. The van der Waals surface area contributed by atoms with Gasteiger partial charge in [-0.15, -0.1) is 5.10 Å². The second kappa shape index (κ2) is 9.48. The van der Waals surface area contributed by atoms with Gasteiger partial charge < -0.3 is 20.4 Å². The number of anilines is 2. The number of nitrogens with zero attached hydrogens (tertiary/aromatic N) is 3. The second-order valence-corrected chi connectivity index (χ2v) is 12.2. The van der Waals surface area contributed by atoms with Crippen LogP contribution in [0.4, 0.5) is 24.9 Å². The van der Waals surface area contributed by atoms with Crippen LogP contribution < -0.4 is 16.0 Å². The molecule has 2 heterocycles. The quantitative estimate of drug-likeness (QED) is 0.457. The summed E-state index contributed by atoms with van der Waals surface area (Å²) in [5.41, 5.74) is 7.15. The van der Waals surface area contributed by atoms with Crippen molar-refractivity contribution in [3.8, 4) is 11.5 Å². The maximum atomic E-state index is 15.2. The van der Waals surface area contributed by atoms with Crippen LogP contribution in [0.5, 0.6) is 0 Å². The zero-order chi connectivity index (χ0) is 26.5. The summed E-state index contributed by atoms with van der Waals surface area (Å²) in [5.74, 6) is -4.28. The van der Waals surface area contributed by atoms with E-state index < -0.39 is 27.6 Å². The maximum Gasteiger partial charge on any atom is 0.315 e. The molecule has 0 bridgehead atoms. The average Bonchev–Trinajstić information content (AvgIpc) is 3.22. The summed E-state index contributed by atoms with van der Waals surface area (Å²) in [6.45, 7) is 2.24. The Morgan fingerprint density at radius 3 is 2.62 bits per heavy atom. The molecule has 198 valence electrons. The van der Waals surface area contributed by atoms with Crippen molar-refractivity contribution >= 4 is 33.1 Å². The molecule has 0 spiro atoms. The smallest absolute Gasteiger partial charge is 0.315 e.